The third kappa shape index (κ3) is 1.57. The number of para-hydroxylation sites is 2. The number of nitrogens with one attached hydrogen (secondary N) is 1. The molecule has 0 amide bonds. The van der Waals surface area contributed by atoms with Crippen LogP contribution in [0, 0.1) is 0 Å². The van der Waals surface area contributed by atoms with E-state index in [1.807, 2.05) is 30.5 Å². The number of fused-ring (bicyclic) bond motifs is 3. The molecule has 0 spiro atoms. The second-order valence-electron chi connectivity index (χ2n) is 4.71. The van der Waals surface area contributed by atoms with Crippen molar-refractivity contribution in [2.24, 2.45) is 0 Å². The largest absolute Gasteiger partial charge is 0.456 e. The first kappa shape index (κ1) is 10.4. The van der Waals surface area contributed by atoms with Crippen LogP contribution < -0.4 is 5.32 Å². The van der Waals surface area contributed by atoms with E-state index in [1.165, 1.54) is 16.3 Å². The Bertz CT molecular complexity index is 810. The Hall–Kier alpha value is -2.48. The van der Waals surface area contributed by atoms with Crippen LogP contribution in [0.1, 0.15) is 11.6 Å². The van der Waals surface area contributed by atoms with Gasteiger partial charge in [0, 0.05) is 16.3 Å². The predicted octanol–water partition coefficient (Wildman–Crippen LogP) is 4.30. The molecule has 4 rings (SSSR count). The van der Waals surface area contributed by atoms with Crippen LogP contribution in [0.5, 0.6) is 0 Å². The molecule has 0 radical (unpaired) electrons. The zero-order valence-corrected chi connectivity index (χ0v) is 10.3. The average Bonchev–Trinajstić information content (AvgIpc) is 2.87. The molecule has 0 aliphatic carbocycles. The van der Waals surface area contributed by atoms with Crippen LogP contribution in [-0.2, 0) is 0 Å². The molecule has 2 heterocycles. The SMILES string of the molecule is C1=CNC(c2cccc3c2oc2ccccc23)C=C1. The minimum atomic E-state index is 0.175. The van der Waals surface area contributed by atoms with Gasteiger partial charge in [-0.3, -0.25) is 0 Å². The topological polar surface area (TPSA) is 25.2 Å². The van der Waals surface area contributed by atoms with E-state index in [9.17, 15) is 0 Å². The van der Waals surface area contributed by atoms with Crippen LogP contribution in [0.2, 0.25) is 0 Å². The van der Waals surface area contributed by atoms with Gasteiger partial charge in [0.1, 0.15) is 11.2 Å². The van der Waals surface area contributed by atoms with Gasteiger partial charge >= 0.3 is 0 Å². The summed E-state index contributed by atoms with van der Waals surface area (Å²) < 4.78 is 6.04. The summed E-state index contributed by atoms with van der Waals surface area (Å²) in [7, 11) is 0. The van der Waals surface area contributed by atoms with Crippen molar-refractivity contribution in [2.75, 3.05) is 0 Å². The Kier molecular flexibility index (Phi) is 2.21. The molecular weight excluding hydrogens is 234 g/mol. The molecule has 0 saturated carbocycles. The predicted molar refractivity (Wildman–Crippen MR) is 77.9 cm³/mol. The molecule has 2 aromatic carbocycles. The van der Waals surface area contributed by atoms with Gasteiger partial charge in [-0.25, -0.2) is 0 Å². The highest BCUT2D eigenvalue weighted by atomic mass is 16.3. The van der Waals surface area contributed by atoms with Gasteiger partial charge in [-0.05, 0) is 18.3 Å². The summed E-state index contributed by atoms with van der Waals surface area (Å²) in [6.07, 6.45) is 8.16. The van der Waals surface area contributed by atoms with Crippen LogP contribution in [0.3, 0.4) is 0 Å². The first-order chi connectivity index (χ1) is 9.43. The molecule has 1 atom stereocenters. The highest BCUT2D eigenvalue weighted by Gasteiger charge is 2.15. The quantitative estimate of drug-likeness (QED) is 0.693. The van der Waals surface area contributed by atoms with Crippen molar-refractivity contribution in [3.05, 3.63) is 72.5 Å². The van der Waals surface area contributed by atoms with Crippen LogP contribution in [0.15, 0.2) is 71.3 Å². The second-order valence-corrected chi connectivity index (χ2v) is 4.71. The minimum absolute atomic E-state index is 0.175. The number of rotatable bonds is 1. The van der Waals surface area contributed by atoms with Gasteiger partial charge in [-0.2, -0.15) is 0 Å². The molecule has 19 heavy (non-hydrogen) atoms. The standard InChI is InChI=1S/C17H13NO/c1-2-10-16-12(6-1)13-7-5-8-14(17(13)19-16)15-9-3-4-11-18-15/h1-11,15,18H. The van der Waals surface area contributed by atoms with Gasteiger partial charge < -0.3 is 9.73 Å². The number of hydrogen-bond donors (Lipinski definition) is 1. The Labute approximate surface area is 111 Å². The highest BCUT2D eigenvalue weighted by Crippen LogP contribution is 2.33. The van der Waals surface area contributed by atoms with Gasteiger partial charge in [-0.1, -0.05) is 48.6 Å². The minimum Gasteiger partial charge on any atom is -0.456 e. The second kappa shape index (κ2) is 4.02. The summed E-state index contributed by atoms with van der Waals surface area (Å²) in [6, 6.07) is 14.7. The van der Waals surface area contributed by atoms with Crippen LogP contribution in [0.4, 0.5) is 0 Å². The number of benzene rings is 2. The number of dihydropyridines is 1. The van der Waals surface area contributed by atoms with Gasteiger partial charge in [0.25, 0.3) is 0 Å². The molecule has 0 saturated heterocycles. The summed E-state index contributed by atoms with van der Waals surface area (Å²) in [5.41, 5.74) is 3.09. The lowest BCUT2D eigenvalue weighted by Crippen LogP contribution is -2.14. The lowest BCUT2D eigenvalue weighted by molar-refractivity contribution is 0.648. The summed E-state index contributed by atoms with van der Waals surface area (Å²) in [6.45, 7) is 0. The maximum atomic E-state index is 6.04. The van der Waals surface area contributed by atoms with Gasteiger partial charge in [0.05, 0.1) is 6.04 Å². The maximum absolute atomic E-state index is 6.04. The van der Waals surface area contributed by atoms with Crippen LogP contribution >= 0.6 is 0 Å². The molecule has 1 aliphatic heterocycles. The molecular formula is C17H13NO. The Balaban J connectivity index is 2.01. The van der Waals surface area contributed by atoms with Crippen molar-refractivity contribution in [3.63, 3.8) is 0 Å². The van der Waals surface area contributed by atoms with Gasteiger partial charge in [-0.15, -0.1) is 0 Å². The van der Waals surface area contributed by atoms with Crippen molar-refractivity contribution < 1.29 is 4.42 Å². The van der Waals surface area contributed by atoms with E-state index < -0.39 is 0 Å². The molecule has 1 N–H and O–H groups in total. The molecule has 0 bridgehead atoms. The zero-order chi connectivity index (χ0) is 12.7. The van der Waals surface area contributed by atoms with E-state index in [0.717, 1.165) is 11.2 Å². The molecule has 1 aliphatic rings. The van der Waals surface area contributed by atoms with E-state index in [1.54, 1.807) is 0 Å². The number of allylic oxidation sites excluding steroid dienone is 2. The van der Waals surface area contributed by atoms with Gasteiger partial charge in [0.15, 0.2) is 0 Å². The Morgan fingerprint density at radius 3 is 2.68 bits per heavy atom. The Morgan fingerprint density at radius 1 is 0.895 bits per heavy atom. The fraction of sp³-hybridized carbons (Fsp3) is 0.0588. The molecule has 92 valence electrons. The van der Waals surface area contributed by atoms with E-state index in [4.69, 9.17) is 4.42 Å². The molecule has 1 aromatic heterocycles. The van der Waals surface area contributed by atoms with Crippen molar-refractivity contribution >= 4 is 21.9 Å². The van der Waals surface area contributed by atoms with E-state index in [2.05, 4.69) is 41.7 Å². The number of hydrogen-bond acceptors (Lipinski definition) is 2. The van der Waals surface area contributed by atoms with E-state index in [0.29, 0.717) is 0 Å². The first-order valence-electron chi connectivity index (χ1n) is 6.43. The molecule has 3 aromatic rings. The van der Waals surface area contributed by atoms with Crippen LogP contribution in [0.25, 0.3) is 21.9 Å². The van der Waals surface area contributed by atoms with Crippen LogP contribution in [-0.4, -0.2) is 0 Å². The summed E-state index contributed by atoms with van der Waals surface area (Å²) in [5.74, 6) is 0. The fourth-order valence-corrected chi connectivity index (χ4v) is 2.65. The third-order valence-corrected chi connectivity index (χ3v) is 3.56. The fourth-order valence-electron chi connectivity index (χ4n) is 2.65. The number of furan rings is 1. The van der Waals surface area contributed by atoms with Crippen molar-refractivity contribution in [2.45, 2.75) is 6.04 Å². The summed E-state index contributed by atoms with van der Waals surface area (Å²) >= 11 is 0. The van der Waals surface area contributed by atoms with Gasteiger partial charge in [0.2, 0.25) is 0 Å². The lowest BCUT2D eigenvalue weighted by atomic mass is 10.0. The Morgan fingerprint density at radius 2 is 1.79 bits per heavy atom. The zero-order valence-electron chi connectivity index (χ0n) is 10.3. The molecule has 2 nitrogen and oxygen atoms in total. The van der Waals surface area contributed by atoms with Crippen molar-refractivity contribution in [3.8, 4) is 0 Å². The van der Waals surface area contributed by atoms with E-state index >= 15 is 0 Å². The van der Waals surface area contributed by atoms with Crippen molar-refractivity contribution in [1.82, 2.24) is 5.32 Å². The van der Waals surface area contributed by atoms with E-state index in [-0.39, 0.29) is 6.04 Å². The van der Waals surface area contributed by atoms with Crippen molar-refractivity contribution in [1.29, 1.82) is 0 Å². The molecule has 1 unspecified atom stereocenters. The summed E-state index contributed by atoms with van der Waals surface area (Å²) in [5, 5.41) is 5.70. The normalized spacial score (nSPS) is 18.0. The lowest BCUT2D eigenvalue weighted by Gasteiger charge is -2.16. The first-order valence-corrected chi connectivity index (χ1v) is 6.43. The molecule has 2 heteroatoms. The summed E-state index contributed by atoms with van der Waals surface area (Å²) in [4.78, 5) is 0. The monoisotopic (exact) mass is 247 g/mol. The maximum Gasteiger partial charge on any atom is 0.141 e. The smallest absolute Gasteiger partial charge is 0.141 e. The third-order valence-electron chi connectivity index (χ3n) is 3.56. The average molecular weight is 247 g/mol. The molecule has 0 fully saturated rings. The highest BCUT2D eigenvalue weighted by molar-refractivity contribution is 6.05.